The van der Waals surface area contributed by atoms with Crippen molar-refractivity contribution in [3.8, 4) is 0 Å². The lowest BCUT2D eigenvalue weighted by atomic mass is 9.93. The molecule has 0 spiro atoms. The fraction of sp³-hybridized carbons (Fsp3) is 0.545. The maximum Gasteiger partial charge on any atom is 0.313 e. The summed E-state index contributed by atoms with van der Waals surface area (Å²) in [4.78, 5) is 11.6. The Kier molecular flexibility index (Phi) is 3.76. The zero-order valence-electron chi connectivity index (χ0n) is 8.71. The lowest BCUT2D eigenvalue weighted by Crippen LogP contribution is -2.22. The molecule has 0 saturated heterocycles. The maximum absolute atomic E-state index is 11.6. The van der Waals surface area contributed by atoms with Gasteiger partial charge in [-0.2, -0.15) is 0 Å². The molecule has 0 fully saturated rings. The van der Waals surface area contributed by atoms with Crippen LogP contribution in [0.1, 0.15) is 27.2 Å². The van der Waals surface area contributed by atoms with Crippen molar-refractivity contribution in [1.29, 1.82) is 0 Å². The Labute approximate surface area is 89.6 Å². The third-order valence-corrected chi connectivity index (χ3v) is 2.36. The maximum atomic E-state index is 11.6. The van der Waals surface area contributed by atoms with Crippen LogP contribution >= 0.6 is 11.6 Å². The first-order chi connectivity index (χ1) is 6.50. The summed E-state index contributed by atoms with van der Waals surface area (Å²) in [7, 11) is 0. The number of carbonyl (C=O) groups excluding carboxylic acids is 1. The molecular formula is C11H15ClO2. The fourth-order valence-electron chi connectivity index (χ4n) is 1.39. The average molecular weight is 215 g/mol. The minimum absolute atomic E-state index is 0.0586. The Balaban J connectivity index is 2.64. The van der Waals surface area contributed by atoms with Crippen LogP contribution in [0.5, 0.6) is 0 Å². The summed E-state index contributed by atoms with van der Waals surface area (Å²) >= 11 is 5.82. The summed E-state index contributed by atoms with van der Waals surface area (Å²) < 4.78 is 5.14. The number of rotatable bonds is 2. The molecule has 0 aromatic rings. The van der Waals surface area contributed by atoms with Gasteiger partial charge in [0.2, 0.25) is 0 Å². The van der Waals surface area contributed by atoms with E-state index in [0.717, 1.165) is 5.57 Å². The molecule has 1 aliphatic rings. The molecule has 0 aliphatic heterocycles. The summed E-state index contributed by atoms with van der Waals surface area (Å²) in [6, 6.07) is 0. The van der Waals surface area contributed by atoms with E-state index in [1.54, 1.807) is 0 Å². The highest BCUT2D eigenvalue weighted by molar-refractivity contribution is 6.31. The van der Waals surface area contributed by atoms with Gasteiger partial charge in [0.1, 0.15) is 0 Å². The zero-order chi connectivity index (χ0) is 10.7. The van der Waals surface area contributed by atoms with E-state index in [0.29, 0.717) is 11.5 Å². The minimum atomic E-state index is -0.158. The molecule has 0 amide bonds. The van der Waals surface area contributed by atoms with Crippen LogP contribution in [0.4, 0.5) is 0 Å². The Hall–Kier alpha value is -0.760. The second kappa shape index (κ2) is 4.65. The van der Waals surface area contributed by atoms with E-state index >= 15 is 0 Å². The first kappa shape index (κ1) is 11.3. The highest BCUT2D eigenvalue weighted by atomic mass is 35.5. The molecule has 1 aliphatic carbocycles. The van der Waals surface area contributed by atoms with E-state index in [9.17, 15) is 4.79 Å². The molecule has 0 aromatic carbocycles. The lowest BCUT2D eigenvalue weighted by Gasteiger charge is -2.19. The van der Waals surface area contributed by atoms with Gasteiger partial charge in [-0.3, -0.25) is 4.79 Å². The molecule has 2 nitrogen and oxygen atoms in total. The van der Waals surface area contributed by atoms with Gasteiger partial charge in [0.25, 0.3) is 0 Å². The summed E-state index contributed by atoms with van der Waals surface area (Å²) in [5.41, 5.74) is 0.975. The monoisotopic (exact) mass is 214 g/mol. The fourth-order valence-corrected chi connectivity index (χ4v) is 1.65. The van der Waals surface area contributed by atoms with Gasteiger partial charge < -0.3 is 4.74 Å². The van der Waals surface area contributed by atoms with Crippen molar-refractivity contribution in [2.45, 2.75) is 33.3 Å². The first-order valence-corrected chi connectivity index (χ1v) is 5.13. The van der Waals surface area contributed by atoms with Crippen LogP contribution in [0.25, 0.3) is 0 Å². The summed E-state index contributed by atoms with van der Waals surface area (Å²) in [6.45, 7) is 5.60. The topological polar surface area (TPSA) is 26.3 Å². The molecule has 3 heteroatoms. The average Bonchev–Trinajstić information content (AvgIpc) is 2.01. The predicted molar refractivity (Wildman–Crippen MR) is 57.0 cm³/mol. The molecule has 1 atom stereocenters. The summed E-state index contributed by atoms with van der Waals surface area (Å²) in [5, 5.41) is 0.705. The van der Waals surface area contributed by atoms with Crippen molar-refractivity contribution in [1.82, 2.24) is 0 Å². The van der Waals surface area contributed by atoms with Crippen molar-refractivity contribution in [2.75, 3.05) is 0 Å². The third kappa shape index (κ3) is 2.88. The van der Waals surface area contributed by atoms with E-state index in [1.807, 2.05) is 32.9 Å². The molecule has 0 N–H and O–H groups in total. The number of halogens is 1. The van der Waals surface area contributed by atoms with Crippen molar-refractivity contribution in [2.24, 2.45) is 5.92 Å². The second-order valence-corrected chi connectivity index (χ2v) is 4.19. The normalized spacial score (nSPS) is 21.6. The van der Waals surface area contributed by atoms with Crippen molar-refractivity contribution < 1.29 is 9.53 Å². The van der Waals surface area contributed by atoms with Crippen LogP contribution in [0.3, 0.4) is 0 Å². The summed E-state index contributed by atoms with van der Waals surface area (Å²) in [5.74, 6) is -0.311. The molecule has 14 heavy (non-hydrogen) atoms. The molecule has 1 rings (SSSR count). The van der Waals surface area contributed by atoms with E-state index in [-0.39, 0.29) is 18.0 Å². The van der Waals surface area contributed by atoms with Crippen molar-refractivity contribution in [3.05, 3.63) is 22.8 Å². The lowest BCUT2D eigenvalue weighted by molar-refractivity contribution is -0.150. The molecule has 0 radical (unpaired) electrons. The van der Waals surface area contributed by atoms with E-state index in [2.05, 4.69) is 0 Å². The van der Waals surface area contributed by atoms with Crippen LogP contribution in [0.15, 0.2) is 22.8 Å². The van der Waals surface area contributed by atoms with Crippen LogP contribution in [-0.2, 0) is 9.53 Å². The van der Waals surface area contributed by atoms with Crippen LogP contribution < -0.4 is 0 Å². The quantitative estimate of drug-likeness (QED) is 0.661. The van der Waals surface area contributed by atoms with Gasteiger partial charge in [-0.25, -0.2) is 0 Å². The van der Waals surface area contributed by atoms with Crippen LogP contribution in [-0.4, -0.2) is 12.1 Å². The number of hydrogen-bond donors (Lipinski definition) is 0. The summed E-state index contributed by atoms with van der Waals surface area (Å²) in [6.07, 6.45) is 4.25. The van der Waals surface area contributed by atoms with E-state index in [4.69, 9.17) is 16.3 Å². The minimum Gasteiger partial charge on any atom is -0.463 e. The highest BCUT2D eigenvalue weighted by Gasteiger charge is 2.24. The van der Waals surface area contributed by atoms with Gasteiger partial charge in [0.15, 0.2) is 0 Å². The molecule has 78 valence electrons. The molecular weight excluding hydrogens is 200 g/mol. The molecule has 0 aromatic heterocycles. The van der Waals surface area contributed by atoms with Gasteiger partial charge >= 0.3 is 5.97 Å². The van der Waals surface area contributed by atoms with E-state index < -0.39 is 0 Å². The van der Waals surface area contributed by atoms with Crippen molar-refractivity contribution in [3.63, 3.8) is 0 Å². The van der Waals surface area contributed by atoms with Crippen molar-refractivity contribution >= 4 is 17.6 Å². The Bertz CT molecular complexity index is 290. The Morgan fingerprint density at radius 1 is 1.64 bits per heavy atom. The zero-order valence-corrected chi connectivity index (χ0v) is 9.47. The SMILES string of the molecule is CC1=CC(Cl)=CCC1C(=O)OC(C)C. The second-order valence-electron chi connectivity index (χ2n) is 3.75. The van der Waals surface area contributed by atoms with Gasteiger partial charge in [-0.1, -0.05) is 23.3 Å². The molecule has 1 unspecified atom stereocenters. The van der Waals surface area contributed by atoms with Gasteiger partial charge in [-0.05, 0) is 33.3 Å². The number of allylic oxidation sites excluding steroid dienone is 3. The third-order valence-electron chi connectivity index (χ3n) is 2.10. The molecule has 0 heterocycles. The first-order valence-electron chi connectivity index (χ1n) is 4.75. The van der Waals surface area contributed by atoms with Gasteiger partial charge in [-0.15, -0.1) is 0 Å². The highest BCUT2D eigenvalue weighted by Crippen LogP contribution is 2.26. The van der Waals surface area contributed by atoms with Crippen LogP contribution in [0, 0.1) is 5.92 Å². The van der Waals surface area contributed by atoms with Gasteiger partial charge in [0.05, 0.1) is 12.0 Å². The standard InChI is InChI=1S/C11H15ClO2/c1-7(2)14-11(13)10-5-4-9(12)6-8(10)3/h4,6-7,10H,5H2,1-3H3. The predicted octanol–water partition coefficient (Wildman–Crippen LogP) is 3.03. The number of hydrogen-bond acceptors (Lipinski definition) is 2. The smallest absolute Gasteiger partial charge is 0.313 e. The largest absolute Gasteiger partial charge is 0.463 e. The van der Waals surface area contributed by atoms with E-state index in [1.165, 1.54) is 0 Å². The number of ether oxygens (including phenoxy) is 1. The van der Waals surface area contributed by atoms with Gasteiger partial charge in [0, 0.05) is 5.03 Å². The molecule has 0 bridgehead atoms. The Morgan fingerprint density at radius 2 is 2.29 bits per heavy atom. The number of carbonyl (C=O) groups is 1. The number of esters is 1. The Morgan fingerprint density at radius 3 is 2.79 bits per heavy atom. The molecule has 0 saturated carbocycles. The van der Waals surface area contributed by atoms with Crippen LogP contribution in [0.2, 0.25) is 0 Å².